The maximum absolute atomic E-state index is 5.79. The molecule has 1 aromatic carbocycles. The molecule has 1 atom stereocenters. The van der Waals surface area contributed by atoms with Gasteiger partial charge < -0.3 is 14.8 Å². The van der Waals surface area contributed by atoms with E-state index in [9.17, 15) is 0 Å². The maximum Gasteiger partial charge on any atom is 0.125 e. The number of ether oxygens (including phenoxy) is 2. The van der Waals surface area contributed by atoms with Crippen molar-refractivity contribution in [3.8, 4) is 5.75 Å². The smallest absolute Gasteiger partial charge is 0.125 e. The zero-order valence-electron chi connectivity index (χ0n) is 11.3. The Labute approximate surface area is 118 Å². The van der Waals surface area contributed by atoms with Gasteiger partial charge in [0.25, 0.3) is 0 Å². The van der Waals surface area contributed by atoms with Crippen LogP contribution in [0.25, 0.3) is 0 Å². The maximum atomic E-state index is 5.79. The monoisotopic (exact) mass is 315 g/mol. The molecule has 0 saturated heterocycles. The highest BCUT2D eigenvalue weighted by Crippen LogP contribution is 2.28. The first-order valence-electron chi connectivity index (χ1n) is 6.36. The molecule has 0 saturated carbocycles. The molecule has 0 fully saturated rings. The SMILES string of the molecule is CCCOCCOc1cc(Br)ccc1C(C)NC. The summed E-state index contributed by atoms with van der Waals surface area (Å²) in [5, 5.41) is 3.23. The molecule has 0 amide bonds. The second-order valence-corrected chi connectivity index (χ2v) is 5.07. The number of benzene rings is 1. The predicted molar refractivity (Wildman–Crippen MR) is 78.2 cm³/mol. The van der Waals surface area contributed by atoms with E-state index in [2.05, 4.69) is 41.2 Å². The minimum absolute atomic E-state index is 0.268. The lowest BCUT2D eigenvalue weighted by atomic mass is 10.1. The van der Waals surface area contributed by atoms with Gasteiger partial charge in [-0.3, -0.25) is 0 Å². The van der Waals surface area contributed by atoms with Gasteiger partial charge in [0.15, 0.2) is 0 Å². The van der Waals surface area contributed by atoms with Crippen LogP contribution in [0.5, 0.6) is 5.75 Å². The van der Waals surface area contributed by atoms with E-state index in [1.54, 1.807) is 0 Å². The van der Waals surface area contributed by atoms with Crippen LogP contribution in [0.3, 0.4) is 0 Å². The Balaban J connectivity index is 2.59. The van der Waals surface area contributed by atoms with Crippen LogP contribution in [0.1, 0.15) is 31.9 Å². The summed E-state index contributed by atoms with van der Waals surface area (Å²) >= 11 is 3.47. The molecular weight excluding hydrogens is 294 g/mol. The van der Waals surface area contributed by atoms with E-state index in [0.29, 0.717) is 13.2 Å². The summed E-state index contributed by atoms with van der Waals surface area (Å²) in [6, 6.07) is 6.38. The van der Waals surface area contributed by atoms with Gasteiger partial charge in [-0.25, -0.2) is 0 Å². The van der Waals surface area contributed by atoms with Gasteiger partial charge in [-0.2, -0.15) is 0 Å². The Kier molecular flexibility index (Phi) is 7.32. The molecule has 0 radical (unpaired) electrons. The van der Waals surface area contributed by atoms with E-state index in [1.165, 1.54) is 0 Å². The van der Waals surface area contributed by atoms with Crippen LogP contribution in [0.2, 0.25) is 0 Å². The van der Waals surface area contributed by atoms with E-state index in [4.69, 9.17) is 9.47 Å². The lowest BCUT2D eigenvalue weighted by Crippen LogP contribution is -2.15. The van der Waals surface area contributed by atoms with Gasteiger partial charge in [-0.15, -0.1) is 0 Å². The van der Waals surface area contributed by atoms with E-state index in [0.717, 1.165) is 28.8 Å². The highest BCUT2D eigenvalue weighted by Gasteiger charge is 2.10. The Morgan fingerprint density at radius 1 is 1.28 bits per heavy atom. The summed E-state index contributed by atoms with van der Waals surface area (Å²) in [5.41, 5.74) is 1.16. The third kappa shape index (κ3) is 4.96. The average molecular weight is 316 g/mol. The molecule has 102 valence electrons. The van der Waals surface area contributed by atoms with Crippen molar-refractivity contribution in [1.82, 2.24) is 5.32 Å². The van der Waals surface area contributed by atoms with E-state index >= 15 is 0 Å². The van der Waals surface area contributed by atoms with Gasteiger partial charge in [-0.05, 0) is 32.5 Å². The normalized spacial score (nSPS) is 12.4. The van der Waals surface area contributed by atoms with Crippen molar-refractivity contribution in [2.75, 3.05) is 26.9 Å². The third-order valence-electron chi connectivity index (χ3n) is 2.71. The predicted octanol–water partition coefficient (Wildman–Crippen LogP) is 3.53. The summed E-state index contributed by atoms with van der Waals surface area (Å²) < 4.78 is 12.2. The van der Waals surface area contributed by atoms with Crippen molar-refractivity contribution in [2.24, 2.45) is 0 Å². The van der Waals surface area contributed by atoms with Gasteiger partial charge in [-0.1, -0.05) is 28.9 Å². The van der Waals surface area contributed by atoms with Crippen molar-refractivity contribution in [2.45, 2.75) is 26.3 Å². The zero-order valence-corrected chi connectivity index (χ0v) is 12.9. The van der Waals surface area contributed by atoms with Crippen LogP contribution in [-0.2, 0) is 4.74 Å². The number of hydrogen-bond donors (Lipinski definition) is 1. The standard InChI is InChI=1S/C14H22BrNO2/c1-4-7-17-8-9-18-14-10-12(15)5-6-13(14)11(2)16-3/h5-6,10-11,16H,4,7-9H2,1-3H3. The first-order valence-corrected chi connectivity index (χ1v) is 7.15. The van der Waals surface area contributed by atoms with Crippen LogP contribution in [0, 0.1) is 0 Å². The highest BCUT2D eigenvalue weighted by molar-refractivity contribution is 9.10. The zero-order chi connectivity index (χ0) is 13.4. The molecule has 0 spiro atoms. The van der Waals surface area contributed by atoms with Crippen molar-refractivity contribution >= 4 is 15.9 Å². The minimum Gasteiger partial charge on any atom is -0.491 e. The Morgan fingerprint density at radius 2 is 2.06 bits per heavy atom. The van der Waals surface area contributed by atoms with Gasteiger partial charge in [0.2, 0.25) is 0 Å². The Bertz CT molecular complexity index is 358. The Morgan fingerprint density at radius 3 is 2.72 bits per heavy atom. The van der Waals surface area contributed by atoms with Crippen molar-refractivity contribution in [3.63, 3.8) is 0 Å². The van der Waals surface area contributed by atoms with Gasteiger partial charge in [0, 0.05) is 22.7 Å². The van der Waals surface area contributed by atoms with Gasteiger partial charge in [0.05, 0.1) is 6.61 Å². The van der Waals surface area contributed by atoms with Crippen molar-refractivity contribution < 1.29 is 9.47 Å². The fourth-order valence-electron chi connectivity index (χ4n) is 1.60. The van der Waals surface area contributed by atoms with Gasteiger partial charge in [0.1, 0.15) is 12.4 Å². The van der Waals surface area contributed by atoms with Crippen LogP contribution in [-0.4, -0.2) is 26.9 Å². The molecule has 0 bridgehead atoms. The lowest BCUT2D eigenvalue weighted by molar-refractivity contribution is 0.100. The summed E-state index contributed by atoms with van der Waals surface area (Å²) in [6.07, 6.45) is 1.04. The second kappa shape index (κ2) is 8.51. The van der Waals surface area contributed by atoms with E-state index in [-0.39, 0.29) is 6.04 Å². The molecule has 1 aromatic rings. The largest absolute Gasteiger partial charge is 0.491 e. The molecule has 3 nitrogen and oxygen atoms in total. The molecule has 0 aromatic heterocycles. The fourth-order valence-corrected chi connectivity index (χ4v) is 1.94. The number of halogens is 1. The number of rotatable bonds is 8. The molecule has 4 heteroatoms. The Hall–Kier alpha value is -0.580. The lowest BCUT2D eigenvalue weighted by Gasteiger charge is -2.17. The summed E-state index contributed by atoms with van der Waals surface area (Å²) in [7, 11) is 1.95. The molecule has 0 heterocycles. The molecule has 1 N–H and O–H groups in total. The molecule has 1 rings (SSSR count). The molecule has 0 aliphatic rings. The van der Waals surface area contributed by atoms with Crippen LogP contribution >= 0.6 is 15.9 Å². The summed E-state index contributed by atoms with van der Waals surface area (Å²) in [6.45, 7) is 6.22. The van der Waals surface area contributed by atoms with Crippen molar-refractivity contribution in [3.05, 3.63) is 28.2 Å². The fraction of sp³-hybridized carbons (Fsp3) is 0.571. The summed E-state index contributed by atoms with van der Waals surface area (Å²) in [4.78, 5) is 0. The van der Waals surface area contributed by atoms with E-state index < -0.39 is 0 Å². The van der Waals surface area contributed by atoms with Crippen LogP contribution in [0.15, 0.2) is 22.7 Å². The molecule has 0 aliphatic carbocycles. The average Bonchev–Trinajstić information content (AvgIpc) is 2.38. The minimum atomic E-state index is 0.268. The highest BCUT2D eigenvalue weighted by atomic mass is 79.9. The quantitative estimate of drug-likeness (QED) is 0.744. The first-order chi connectivity index (χ1) is 8.69. The third-order valence-corrected chi connectivity index (χ3v) is 3.20. The van der Waals surface area contributed by atoms with Crippen LogP contribution < -0.4 is 10.1 Å². The number of hydrogen-bond acceptors (Lipinski definition) is 3. The second-order valence-electron chi connectivity index (χ2n) is 4.15. The van der Waals surface area contributed by atoms with Crippen LogP contribution in [0.4, 0.5) is 0 Å². The van der Waals surface area contributed by atoms with Crippen molar-refractivity contribution in [1.29, 1.82) is 0 Å². The molecule has 0 aliphatic heterocycles. The molecular formula is C14H22BrNO2. The first kappa shape index (κ1) is 15.5. The summed E-state index contributed by atoms with van der Waals surface area (Å²) in [5.74, 6) is 0.909. The molecule has 18 heavy (non-hydrogen) atoms. The van der Waals surface area contributed by atoms with Gasteiger partial charge >= 0.3 is 0 Å². The number of nitrogens with one attached hydrogen (secondary N) is 1. The molecule has 1 unspecified atom stereocenters. The topological polar surface area (TPSA) is 30.5 Å². The van der Waals surface area contributed by atoms with E-state index in [1.807, 2.05) is 19.2 Å².